The molecule has 1 saturated heterocycles. The second-order valence-corrected chi connectivity index (χ2v) is 5.02. The summed E-state index contributed by atoms with van der Waals surface area (Å²) in [5.74, 6) is 0.0394. The average molecular weight is 255 g/mol. The molecule has 2 rings (SSSR count). The van der Waals surface area contributed by atoms with Gasteiger partial charge in [0.1, 0.15) is 4.88 Å². The van der Waals surface area contributed by atoms with Crippen LogP contribution in [0.1, 0.15) is 22.5 Å². The van der Waals surface area contributed by atoms with Gasteiger partial charge in [-0.1, -0.05) is 0 Å². The lowest BCUT2D eigenvalue weighted by Gasteiger charge is -2.38. The number of amides is 1. The predicted molar refractivity (Wildman–Crippen MR) is 66.0 cm³/mol. The van der Waals surface area contributed by atoms with Gasteiger partial charge < -0.3 is 15.4 Å². The van der Waals surface area contributed by atoms with Crippen LogP contribution < -0.4 is 5.73 Å². The molecule has 1 fully saturated rings. The summed E-state index contributed by atoms with van der Waals surface area (Å²) >= 11 is 1.37. The number of aromatic nitrogens is 1. The third kappa shape index (κ3) is 2.65. The first-order chi connectivity index (χ1) is 8.26. The molecule has 1 aliphatic rings. The molecule has 2 atom stereocenters. The van der Waals surface area contributed by atoms with E-state index in [1.807, 2.05) is 4.90 Å². The molecular formula is C11H17N3O2S. The number of likely N-dealkylation sites (tertiary alicyclic amines) is 1. The normalized spacial score (nSPS) is 24.9. The monoisotopic (exact) mass is 255 g/mol. The molecule has 0 aromatic carbocycles. The lowest BCUT2D eigenvalue weighted by atomic mass is 9.99. The molecule has 17 heavy (non-hydrogen) atoms. The first kappa shape index (κ1) is 12.5. The fraction of sp³-hybridized carbons (Fsp3) is 0.636. The number of piperidine rings is 1. The molecule has 0 radical (unpaired) electrons. The highest BCUT2D eigenvalue weighted by Crippen LogP contribution is 2.22. The van der Waals surface area contributed by atoms with E-state index in [2.05, 4.69) is 4.98 Å². The summed E-state index contributed by atoms with van der Waals surface area (Å²) in [5, 5.41) is 0. The van der Waals surface area contributed by atoms with E-state index in [9.17, 15) is 4.79 Å². The van der Waals surface area contributed by atoms with Crippen LogP contribution in [0.25, 0.3) is 0 Å². The maximum absolute atomic E-state index is 12.2. The van der Waals surface area contributed by atoms with E-state index in [0.717, 1.165) is 12.8 Å². The lowest BCUT2D eigenvalue weighted by Crippen LogP contribution is -2.51. The Morgan fingerprint density at radius 3 is 3.18 bits per heavy atom. The van der Waals surface area contributed by atoms with Gasteiger partial charge in [0.25, 0.3) is 5.91 Å². The zero-order valence-electron chi connectivity index (χ0n) is 9.83. The van der Waals surface area contributed by atoms with E-state index in [1.54, 1.807) is 18.8 Å². The smallest absolute Gasteiger partial charge is 0.265 e. The van der Waals surface area contributed by atoms with Crippen molar-refractivity contribution in [3.05, 3.63) is 16.6 Å². The van der Waals surface area contributed by atoms with Crippen LogP contribution in [-0.4, -0.2) is 48.1 Å². The molecule has 1 aromatic heterocycles. The van der Waals surface area contributed by atoms with Crippen molar-refractivity contribution in [2.75, 3.05) is 20.2 Å². The largest absolute Gasteiger partial charge is 0.381 e. The molecule has 2 heterocycles. The number of thiazole rings is 1. The molecule has 0 aliphatic carbocycles. The summed E-state index contributed by atoms with van der Waals surface area (Å²) < 4.78 is 5.34. The van der Waals surface area contributed by atoms with Gasteiger partial charge in [-0.25, -0.2) is 0 Å². The second-order valence-electron chi connectivity index (χ2n) is 4.14. The van der Waals surface area contributed by atoms with Crippen molar-refractivity contribution in [2.45, 2.75) is 25.0 Å². The van der Waals surface area contributed by atoms with E-state index in [0.29, 0.717) is 18.0 Å². The van der Waals surface area contributed by atoms with Gasteiger partial charge in [0, 0.05) is 26.2 Å². The zero-order chi connectivity index (χ0) is 12.3. The molecule has 2 N–H and O–H groups in total. The molecule has 1 aliphatic heterocycles. The third-order valence-electron chi connectivity index (χ3n) is 3.18. The minimum Gasteiger partial charge on any atom is -0.381 e. The topological polar surface area (TPSA) is 68.5 Å². The highest BCUT2D eigenvalue weighted by atomic mass is 32.1. The molecule has 1 amide bonds. The Bertz CT molecular complexity index is 369. The molecule has 94 valence electrons. The zero-order valence-corrected chi connectivity index (χ0v) is 10.7. The van der Waals surface area contributed by atoms with Gasteiger partial charge in [-0.05, 0) is 12.8 Å². The minimum atomic E-state index is 0.0394. The van der Waals surface area contributed by atoms with Crippen LogP contribution in [0.2, 0.25) is 0 Å². The molecule has 2 unspecified atom stereocenters. The van der Waals surface area contributed by atoms with Crippen LogP contribution in [0.15, 0.2) is 11.7 Å². The summed E-state index contributed by atoms with van der Waals surface area (Å²) in [6, 6.07) is 0.0725. The predicted octanol–water partition coefficient (Wildman–Crippen LogP) is 0.721. The van der Waals surface area contributed by atoms with Crippen molar-refractivity contribution in [3.8, 4) is 0 Å². The van der Waals surface area contributed by atoms with E-state index >= 15 is 0 Å². The Morgan fingerprint density at radius 1 is 1.76 bits per heavy atom. The molecule has 1 aromatic rings. The minimum absolute atomic E-state index is 0.0394. The highest BCUT2D eigenvalue weighted by Gasteiger charge is 2.31. The van der Waals surface area contributed by atoms with Crippen molar-refractivity contribution in [1.82, 2.24) is 9.88 Å². The number of hydrogen-bond acceptors (Lipinski definition) is 5. The van der Waals surface area contributed by atoms with Crippen LogP contribution >= 0.6 is 11.3 Å². The van der Waals surface area contributed by atoms with Crippen LogP contribution in [-0.2, 0) is 4.74 Å². The number of nitrogens with two attached hydrogens (primary N) is 1. The Morgan fingerprint density at radius 2 is 2.59 bits per heavy atom. The second kappa shape index (κ2) is 5.57. The molecular weight excluding hydrogens is 238 g/mol. The van der Waals surface area contributed by atoms with Crippen LogP contribution in [0.4, 0.5) is 0 Å². The van der Waals surface area contributed by atoms with Gasteiger partial charge in [0.15, 0.2) is 0 Å². The maximum Gasteiger partial charge on any atom is 0.265 e. The molecule has 6 heteroatoms. The summed E-state index contributed by atoms with van der Waals surface area (Å²) in [6.45, 7) is 1.18. The van der Waals surface area contributed by atoms with Gasteiger partial charge in [-0.3, -0.25) is 9.78 Å². The third-order valence-corrected chi connectivity index (χ3v) is 3.94. The van der Waals surface area contributed by atoms with Crippen LogP contribution in [0, 0.1) is 0 Å². The van der Waals surface area contributed by atoms with E-state index in [4.69, 9.17) is 10.5 Å². The Labute approximate surface area is 105 Å². The number of methoxy groups -OCH3 is 1. The van der Waals surface area contributed by atoms with Crippen molar-refractivity contribution in [2.24, 2.45) is 5.73 Å². The van der Waals surface area contributed by atoms with E-state index in [-0.39, 0.29) is 18.1 Å². The van der Waals surface area contributed by atoms with Crippen molar-refractivity contribution < 1.29 is 9.53 Å². The fourth-order valence-corrected chi connectivity index (χ4v) is 2.76. The van der Waals surface area contributed by atoms with Gasteiger partial charge in [0.05, 0.1) is 17.8 Å². The molecule has 0 bridgehead atoms. The van der Waals surface area contributed by atoms with Crippen molar-refractivity contribution in [3.63, 3.8) is 0 Å². The van der Waals surface area contributed by atoms with Gasteiger partial charge in [0.2, 0.25) is 0 Å². The number of ether oxygens (including phenoxy) is 1. The number of hydrogen-bond donors (Lipinski definition) is 1. The van der Waals surface area contributed by atoms with Crippen molar-refractivity contribution in [1.29, 1.82) is 0 Å². The first-order valence-electron chi connectivity index (χ1n) is 5.68. The summed E-state index contributed by atoms with van der Waals surface area (Å²) in [4.78, 5) is 18.7. The molecule has 5 nitrogen and oxygen atoms in total. The SMILES string of the molecule is COC1CCN(C(=O)c2cncs2)C(CN)C1. The van der Waals surface area contributed by atoms with E-state index < -0.39 is 0 Å². The number of nitrogens with zero attached hydrogens (tertiary/aromatic N) is 2. The fourth-order valence-electron chi connectivity index (χ4n) is 2.18. The summed E-state index contributed by atoms with van der Waals surface area (Å²) in [6.07, 6.45) is 3.52. The Balaban J connectivity index is 2.07. The first-order valence-corrected chi connectivity index (χ1v) is 6.56. The molecule has 0 saturated carbocycles. The average Bonchev–Trinajstić information content (AvgIpc) is 2.91. The lowest BCUT2D eigenvalue weighted by molar-refractivity contribution is 0.0141. The number of carbonyl (C=O) groups excluding carboxylic acids is 1. The quantitative estimate of drug-likeness (QED) is 0.864. The number of rotatable bonds is 3. The number of carbonyl (C=O) groups is 1. The van der Waals surface area contributed by atoms with Crippen molar-refractivity contribution >= 4 is 17.2 Å². The van der Waals surface area contributed by atoms with Gasteiger partial charge in [-0.2, -0.15) is 0 Å². The maximum atomic E-state index is 12.2. The molecule has 0 spiro atoms. The van der Waals surface area contributed by atoms with Crippen LogP contribution in [0.3, 0.4) is 0 Å². The van der Waals surface area contributed by atoms with Crippen LogP contribution in [0.5, 0.6) is 0 Å². The van der Waals surface area contributed by atoms with Gasteiger partial charge in [-0.15, -0.1) is 11.3 Å². The highest BCUT2D eigenvalue weighted by molar-refractivity contribution is 7.11. The standard InChI is InChI=1S/C11H17N3O2S/c1-16-9-2-3-14(8(4-9)5-12)11(15)10-6-13-7-17-10/h6-9H,2-5,12H2,1H3. The summed E-state index contributed by atoms with van der Waals surface area (Å²) in [5.41, 5.74) is 7.41. The Kier molecular flexibility index (Phi) is 4.09. The van der Waals surface area contributed by atoms with Gasteiger partial charge >= 0.3 is 0 Å². The Hall–Kier alpha value is -0.980. The summed E-state index contributed by atoms with van der Waals surface area (Å²) in [7, 11) is 1.71. The van der Waals surface area contributed by atoms with E-state index in [1.165, 1.54) is 11.3 Å².